The number of hydrogen-bond acceptors (Lipinski definition) is 6. The fourth-order valence-electron chi connectivity index (χ4n) is 1.70. The van der Waals surface area contributed by atoms with Gasteiger partial charge in [-0.2, -0.15) is 0 Å². The summed E-state index contributed by atoms with van der Waals surface area (Å²) in [5.74, 6) is -0.492. The second kappa shape index (κ2) is 7.27. The van der Waals surface area contributed by atoms with Gasteiger partial charge in [-0.15, -0.1) is 0 Å². The molecule has 2 atom stereocenters. The Labute approximate surface area is 112 Å². The highest BCUT2D eigenvalue weighted by Crippen LogP contribution is 2.23. The van der Waals surface area contributed by atoms with Gasteiger partial charge in [0.05, 0.1) is 0 Å². The fraction of sp³-hybridized carbons (Fsp3) is 0.818. The van der Waals surface area contributed by atoms with Crippen LogP contribution in [0.15, 0.2) is 0 Å². The van der Waals surface area contributed by atoms with Crippen molar-refractivity contribution < 1.29 is 28.5 Å². The minimum Gasteiger partial charge on any atom is -0.437 e. The van der Waals surface area contributed by atoms with Gasteiger partial charge in [0.15, 0.2) is 6.23 Å². The lowest BCUT2D eigenvalue weighted by molar-refractivity contribution is -0.191. The van der Waals surface area contributed by atoms with Gasteiger partial charge in [-0.1, -0.05) is 0 Å². The minimum atomic E-state index is -0.819. The Bertz CT molecular complexity index is 324. The highest BCUT2D eigenvalue weighted by molar-refractivity contribution is 5.77. The summed E-state index contributed by atoms with van der Waals surface area (Å²) in [5, 5.41) is 0. The average Bonchev–Trinajstić information content (AvgIpc) is 2.58. The van der Waals surface area contributed by atoms with Crippen molar-refractivity contribution in [3.63, 3.8) is 0 Å². The van der Waals surface area contributed by atoms with E-state index in [2.05, 4.69) is 0 Å². The summed E-state index contributed by atoms with van der Waals surface area (Å²) >= 11 is 0. The number of amides is 2. The predicted molar refractivity (Wildman–Crippen MR) is 63.8 cm³/mol. The molecule has 2 amide bonds. The Morgan fingerprint density at radius 3 is 2.58 bits per heavy atom. The van der Waals surface area contributed by atoms with Crippen LogP contribution in [-0.2, 0) is 23.7 Å². The Balaban J connectivity index is 2.81. The number of carbonyl (C=O) groups is 2. The molecule has 19 heavy (non-hydrogen) atoms. The van der Waals surface area contributed by atoms with Crippen molar-refractivity contribution in [2.45, 2.75) is 26.3 Å². The summed E-state index contributed by atoms with van der Waals surface area (Å²) in [6.07, 6.45) is -1.58. The number of rotatable bonds is 7. The molecule has 0 spiro atoms. The molecule has 0 N–H and O–H groups in total. The standard InChI is InChI=1S/C11H20N2O6/c1-5-17-6-13-10(18-7-16-4)9(19-8(2)14)12(3)11(13)15/h9-10H,5-7H2,1-4H3. The number of urea groups is 1. The lowest BCUT2D eigenvalue weighted by Crippen LogP contribution is -2.42. The van der Waals surface area contributed by atoms with Crippen LogP contribution < -0.4 is 0 Å². The van der Waals surface area contributed by atoms with E-state index in [1.807, 2.05) is 6.92 Å². The Hall–Kier alpha value is -1.38. The van der Waals surface area contributed by atoms with Crippen molar-refractivity contribution in [1.29, 1.82) is 0 Å². The van der Waals surface area contributed by atoms with Gasteiger partial charge in [-0.25, -0.2) is 4.79 Å². The SMILES string of the molecule is CCOCN1C(=O)N(C)C(OC(C)=O)C1OCOC. The van der Waals surface area contributed by atoms with Crippen LogP contribution in [0.25, 0.3) is 0 Å². The van der Waals surface area contributed by atoms with Crippen molar-refractivity contribution in [1.82, 2.24) is 9.80 Å². The molecule has 1 fully saturated rings. The first-order valence-corrected chi connectivity index (χ1v) is 5.91. The van der Waals surface area contributed by atoms with E-state index in [1.54, 1.807) is 0 Å². The maximum atomic E-state index is 12.0. The molecule has 0 bridgehead atoms. The van der Waals surface area contributed by atoms with E-state index >= 15 is 0 Å². The number of hydrogen-bond donors (Lipinski definition) is 0. The smallest absolute Gasteiger partial charge is 0.326 e. The van der Waals surface area contributed by atoms with E-state index in [4.69, 9.17) is 18.9 Å². The topological polar surface area (TPSA) is 77.5 Å². The van der Waals surface area contributed by atoms with Gasteiger partial charge >= 0.3 is 12.0 Å². The van der Waals surface area contributed by atoms with E-state index in [9.17, 15) is 9.59 Å². The van der Waals surface area contributed by atoms with Crippen molar-refractivity contribution in [2.75, 3.05) is 34.3 Å². The molecule has 0 aliphatic carbocycles. The molecule has 0 aromatic heterocycles. The largest absolute Gasteiger partial charge is 0.437 e. The van der Waals surface area contributed by atoms with E-state index in [-0.39, 0.29) is 19.6 Å². The Morgan fingerprint density at radius 2 is 2.05 bits per heavy atom. The number of nitrogens with zero attached hydrogens (tertiary/aromatic N) is 2. The van der Waals surface area contributed by atoms with Gasteiger partial charge in [0.25, 0.3) is 0 Å². The van der Waals surface area contributed by atoms with Crippen LogP contribution in [0.3, 0.4) is 0 Å². The highest BCUT2D eigenvalue weighted by atomic mass is 16.7. The lowest BCUT2D eigenvalue weighted by Gasteiger charge is -2.25. The quantitative estimate of drug-likeness (QED) is 0.488. The van der Waals surface area contributed by atoms with E-state index in [0.29, 0.717) is 6.61 Å². The second-order valence-electron chi connectivity index (χ2n) is 3.95. The zero-order valence-electron chi connectivity index (χ0n) is 11.6. The first-order chi connectivity index (χ1) is 9.02. The Kier molecular flexibility index (Phi) is 6.00. The minimum absolute atomic E-state index is 0.0217. The monoisotopic (exact) mass is 276 g/mol. The molecule has 1 saturated heterocycles. The van der Waals surface area contributed by atoms with E-state index in [1.165, 1.54) is 30.9 Å². The number of methoxy groups -OCH3 is 1. The summed E-state index contributed by atoms with van der Waals surface area (Å²) in [5.41, 5.74) is 0. The molecule has 0 saturated carbocycles. The van der Waals surface area contributed by atoms with Crippen molar-refractivity contribution in [3.8, 4) is 0 Å². The molecule has 0 radical (unpaired) electrons. The van der Waals surface area contributed by atoms with Crippen LogP contribution in [0.5, 0.6) is 0 Å². The van der Waals surface area contributed by atoms with Crippen molar-refractivity contribution >= 4 is 12.0 Å². The summed E-state index contributed by atoms with van der Waals surface area (Å²) in [6, 6.07) is -0.333. The molecule has 1 rings (SSSR count). The predicted octanol–water partition coefficient (Wildman–Crippen LogP) is 0.184. The van der Waals surface area contributed by atoms with Gasteiger partial charge in [0.1, 0.15) is 13.5 Å². The van der Waals surface area contributed by atoms with E-state index in [0.717, 1.165) is 0 Å². The third-order valence-corrected chi connectivity index (χ3v) is 2.56. The third-order valence-electron chi connectivity index (χ3n) is 2.56. The zero-order chi connectivity index (χ0) is 14.4. The molecule has 2 unspecified atom stereocenters. The normalized spacial score (nSPS) is 23.1. The first kappa shape index (κ1) is 15.7. The molecule has 110 valence electrons. The fourth-order valence-corrected chi connectivity index (χ4v) is 1.70. The van der Waals surface area contributed by atoms with Crippen LogP contribution in [0.1, 0.15) is 13.8 Å². The summed E-state index contributed by atoms with van der Waals surface area (Å²) in [7, 11) is 3.00. The number of carbonyl (C=O) groups excluding carboxylic acids is 2. The molecule has 0 aromatic carbocycles. The molecular weight excluding hydrogens is 256 g/mol. The van der Waals surface area contributed by atoms with Crippen LogP contribution in [0, 0.1) is 0 Å². The number of esters is 1. The van der Waals surface area contributed by atoms with Gasteiger partial charge in [-0.3, -0.25) is 14.6 Å². The van der Waals surface area contributed by atoms with Gasteiger partial charge in [0.2, 0.25) is 6.23 Å². The van der Waals surface area contributed by atoms with Crippen molar-refractivity contribution in [2.24, 2.45) is 0 Å². The third kappa shape index (κ3) is 3.79. The number of likely N-dealkylation sites (N-methyl/N-ethyl adjacent to an activating group) is 1. The molecule has 1 aliphatic heterocycles. The van der Waals surface area contributed by atoms with Crippen LogP contribution in [0.2, 0.25) is 0 Å². The molecule has 1 aliphatic rings. The summed E-state index contributed by atoms with van der Waals surface area (Å²) < 4.78 is 20.5. The maximum absolute atomic E-state index is 12.0. The number of ether oxygens (including phenoxy) is 4. The molecule has 8 nitrogen and oxygen atoms in total. The maximum Gasteiger partial charge on any atom is 0.326 e. The first-order valence-electron chi connectivity index (χ1n) is 5.91. The summed E-state index contributed by atoms with van der Waals surface area (Å²) in [4.78, 5) is 25.8. The molecular formula is C11H20N2O6. The van der Waals surface area contributed by atoms with Crippen molar-refractivity contribution in [3.05, 3.63) is 0 Å². The van der Waals surface area contributed by atoms with E-state index < -0.39 is 18.4 Å². The second-order valence-corrected chi connectivity index (χ2v) is 3.95. The van der Waals surface area contributed by atoms with Gasteiger partial charge in [0, 0.05) is 27.7 Å². The zero-order valence-corrected chi connectivity index (χ0v) is 11.6. The van der Waals surface area contributed by atoms with Crippen LogP contribution >= 0.6 is 0 Å². The molecule has 0 aromatic rings. The van der Waals surface area contributed by atoms with Crippen LogP contribution in [0.4, 0.5) is 4.79 Å². The molecule has 8 heteroatoms. The lowest BCUT2D eigenvalue weighted by atomic mass is 10.4. The Morgan fingerprint density at radius 1 is 1.37 bits per heavy atom. The molecule has 1 heterocycles. The van der Waals surface area contributed by atoms with Gasteiger partial charge in [-0.05, 0) is 6.92 Å². The average molecular weight is 276 g/mol. The summed E-state index contributed by atoms with van der Waals surface area (Å²) in [6.45, 7) is 3.59. The highest BCUT2D eigenvalue weighted by Gasteiger charge is 2.47. The van der Waals surface area contributed by atoms with Gasteiger partial charge < -0.3 is 18.9 Å². The van der Waals surface area contributed by atoms with Crippen LogP contribution in [-0.4, -0.2) is 68.5 Å².